The van der Waals surface area contributed by atoms with Crippen LogP contribution in [0.2, 0.25) is 0 Å². The van der Waals surface area contributed by atoms with E-state index < -0.39 is 0 Å². The standard InChI is InChI=1S/C10H13N5/c1-3-8-4-9(11)14-10(13-8)7-5-12-15(2)6-7/h4-6H,3H2,1-2H3,(H2,11,13,14). The van der Waals surface area contributed by atoms with Gasteiger partial charge >= 0.3 is 0 Å². The first-order chi connectivity index (χ1) is 7.19. The fourth-order valence-electron chi connectivity index (χ4n) is 1.37. The van der Waals surface area contributed by atoms with Crippen LogP contribution in [0, 0.1) is 0 Å². The summed E-state index contributed by atoms with van der Waals surface area (Å²) in [5, 5.41) is 4.07. The smallest absolute Gasteiger partial charge is 0.164 e. The highest BCUT2D eigenvalue weighted by molar-refractivity contribution is 5.54. The number of rotatable bonds is 2. The lowest BCUT2D eigenvalue weighted by molar-refractivity contribution is 0.768. The molecule has 0 radical (unpaired) electrons. The minimum absolute atomic E-state index is 0.501. The van der Waals surface area contributed by atoms with Gasteiger partial charge in [0.25, 0.3) is 0 Å². The molecule has 0 spiro atoms. The first-order valence-corrected chi connectivity index (χ1v) is 4.81. The van der Waals surface area contributed by atoms with Crippen molar-refractivity contribution < 1.29 is 0 Å². The largest absolute Gasteiger partial charge is 0.384 e. The number of hydrogen-bond acceptors (Lipinski definition) is 4. The van der Waals surface area contributed by atoms with E-state index in [4.69, 9.17) is 5.73 Å². The molecule has 2 heterocycles. The zero-order valence-corrected chi connectivity index (χ0v) is 8.81. The first kappa shape index (κ1) is 9.64. The Bertz CT molecular complexity index is 474. The Morgan fingerprint density at radius 3 is 2.80 bits per heavy atom. The van der Waals surface area contributed by atoms with Crippen molar-refractivity contribution in [1.29, 1.82) is 0 Å². The van der Waals surface area contributed by atoms with Crippen molar-refractivity contribution in [1.82, 2.24) is 19.7 Å². The number of nitrogen functional groups attached to an aromatic ring is 1. The molecule has 0 saturated heterocycles. The molecule has 0 fully saturated rings. The van der Waals surface area contributed by atoms with Crippen LogP contribution in [0.4, 0.5) is 5.82 Å². The van der Waals surface area contributed by atoms with E-state index in [9.17, 15) is 0 Å². The maximum atomic E-state index is 5.70. The van der Waals surface area contributed by atoms with Crippen LogP contribution in [0.15, 0.2) is 18.5 Å². The van der Waals surface area contributed by atoms with Gasteiger partial charge in [0, 0.05) is 25.0 Å². The predicted molar refractivity (Wildman–Crippen MR) is 58.0 cm³/mol. The lowest BCUT2D eigenvalue weighted by Crippen LogP contribution is -1.99. The topological polar surface area (TPSA) is 69.6 Å². The monoisotopic (exact) mass is 203 g/mol. The van der Waals surface area contributed by atoms with E-state index >= 15 is 0 Å². The number of aryl methyl sites for hydroxylation is 2. The Kier molecular flexibility index (Phi) is 2.37. The molecule has 0 unspecified atom stereocenters. The zero-order chi connectivity index (χ0) is 10.8. The molecule has 0 bridgehead atoms. The molecule has 0 aliphatic heterocycles. The molecular weight excluding hydrogens is 190 g/mol. The highest BCUT2D eigenvalue weighted by Crippen LogP contribution is 2.15. The normalized spacial score (nSPS) is 10.5. The first-order valence-electron chi connectivity index (χ1n) is 4.81. The fourth-order valence-corrected chi connectivity index (χ4v) is 1.37. The minimum Gasteiger partial charge on any atom is -0.384 e. The SMILES string of the molecule is CCc1cc(N)nc(-c2cnn(C)c2)n1. The number of anilines is 1. The molecule has 2 aromatic heterocycles. The Balaban J connectivity index is 2.48. The van der Waals surface area contributed by atoms with E-state index in [1.807, 2.05) is 20.2 Å². The Morgan fingerprint density at radius 1 is 1.40 bits per heavy atom. The molecule has 5 nitrogen and oxygen atoms in total. The molecule has 0 atom stereocenters. The molecule has 0 aliphatic rings. The number of aromatic nitrogens is 4. The summed E-state index contributed by atoms with van der Waals surface area (Å²) in [5.41, 5.74) is 7.53. The summed E-state index contributed by atoms with van der Waals surface area (Å²) in [6, 6.07) is 1.79. The minimum atomic E-state index is 0.501. The Morgan fingerprint density at radius 2 is 2.20 bits per heavy atom. The molecule has 78 valence electrons. The maximum Gasteiger partial charge on any atom is 0.164 e. The third-order valence-corrected chi connectivity index (χ3v) is 2.12. The zero-order valence-electron chi connectivity index (χ0n) is 8.81. The van der Waals surface area contributed by atoms with E-state index in [-0.39, 0.29) is 0 Å². The predicted octanol–water partition coefficient (Wildman–Crippen LogP) is 1.02. The number of hydrogen-bond donors (Lipinski definition) is 1. The maximum absolute atomic E-state index is 5.70. The van der Waals surface area contributed by atoms with E-state index in [0.29, 0.717) is 11.6 Å². The second kappa shape index (κ2) is 3.68. The summed E-state index contributed by atoms with van der Waals surface area (Å²) in [6.45, 7) is 2.04. The van der Waals surface area contributed by atoms with Gasteiger partial charge in [-0.2, -0.15) is 5.10 Å². The Hall–Kier alpha value is -1.91. The van der Waals surface area contributed by atoms with Crippen LogP contribution in [-0.4, -0.2) is 19.7 Å². The van der Waals surface area contributed by atoms with Gasteiger partial charge in [0.15, 0.2) is 5.82 Å². The van der Waals surface area contributed by atoms with Crippen molar-refractivity contribution in [2.24, 2.45) is 7.05 Å². The van der Waals surface area contributed by atoms with Crippen LogP contribution in [0.3, 0.4) is 0 Å². The summed E-state index contributed by atoms with van der Waals surface area (Å²) in [5.74, 6) is 1.14. The van der Waals surface area contributed by atoms with E-state index in [2.05, 4.69) is 15.1 Å². The molecule has 0 saturated carbocycles. The van der Waals surface area contributed by atoms with Gasteiger partial charge in [-0.1, -0.05) is 6.92 Å². The van der Waals surface area contributed by atoms with Gasteiger partial charge < -0.3 is 5.73 Å². The molecule has 2 rings (SSSR count). The van der Waals surface area contributed by atoms with Crippen molar-refractivity contribution in [3.63, 3.8) is 0 Å². The van der Waals surface area contributed by atoms with Gasteiger partial charge in [-0.25, -0.2) is 9.97 Å². The molecule has 15 heavy (non-hydrogen) atoms. The lowest BCUT2D eigenvalue weighted by Gasteiger charge is -2.01. The van der Waals surface area contributed by atoms with Crippen LogP contribution in [0.25, 0.3) is 11.4 Å². The average Bonchev–Trinajstić information content (AvgIpc) is 2.64. The Labute approximate surface area is 88.0 Å². The summed E-state index contributed by atoms with van der Waals surface area (Å²) < 4.78 is 1.72. The number of nitrogens with zero attached hydrogens (tertiary/aromatic N) is 4. The molecule has 2 N–H and O–H groups in total. The van der Waals surface area contributed by atoms with E-state index in [1.165, 1.54) is 0 Å². The molecular formula is C10H13N5. The van der Waals surface area contributed by atoms with Gasteiger partial charge in [-0.3, -0.25) is 4.68 Å². The van der Waals surface area contributed by atoms with Crippen LogP contribution < -0.4 is 5.73 Å². The highest BCUT2D eigenvalue weighted by Gasteiger charge is 2.06. The van der Waals surface area contributed by atoms with E-state index in [0.717, 1.165) is 17.7 Å². The lowest BCUT2D eigenvalue weighted by atomic mass is 10.3. The van der Waals surface area contributed by atoms with Crippen LogP contribution in [0.5, 0.6) is 0 Å². The van der Waals surface area contributed by atoms with Crippen LogP contribution in [-0.2, 0) is 13.5 Å². The number of nitrogens with two attached hydrogens (primary N) is 1. The van der Waals surface area contributed by atoms with Crippen molar-refractivity contribution >= 4 is 5.82 Å². The van der Waals surface area contributed by atoms with Crippen LogP contribution >= 0.6 is 0 Å². The molecule has 0 aliphatic carbocycles. The van der Waals surface area contributed by atoms with E-state index in [1.54, 1.807) is 16.9 Å². The second-order valence-electron chi connectivity index (χ2n) is 3.36. The quantitative estimate of drug-likeness (QED) is 0.791. The van der Waals surface area contributed by atoms with Crippen molar-refractivity contribution in [3.05, 3.63) is 24.2 Å². The molecule has 2 aromatic rings. The van der Waals surface area contributed by atoms with Gasteiger partial charge in [-0.15, -0.1) is 0 Å². The fraction of sp³-hybridized carbons (Fsp3) is 0.300. The highest BCUT2D eigenvalue weighted by atomic mass is 15.2. The van der Waals surface area contributed by atoms with Gasteiger partial charge in [0.1, 0.15) is 5.82 Å². The van der Waals surface area contributed by atoms with Gasteiger partial charge in [0.05, 0.1) is 11.8 Å². The van der Waals surface area contributed by atoms with Crippen LogP contribution in [0.1, 0.15) is 12.6 Å². The summed E-state index contributed by atoms with van der Waals surface area (Å²) in [4.78, 5) is 8.57. The van der Waals surface area contributed by atoms with Gasteiger partial charge in [-0.05, 0) is 6.42 Å². The summed E-state index contributed by atoms with van der Waals surface area (Å²) >= 11 is 0. The third kappa shape index (κ3) is 1.96. The third-order valence-electron chi connectivity index (χ3n) is 2.12. The van der Waals surface area contributed by atoms with Gasteiger partial charge in [0.2, 0.25) is 0 Å². The summed E-state index contributed by atoms with van der Waals surface area (Å²) in [7, 11) is 1.86. The van der Waals surface area contributed by atoms with Crippen molar-refractivity contribution in [2.75, 3.05) is 5.73 Å². The van der Waals surface area contributed by atoms with Crippen molar-refractivity contribution in [2.45, 2.75) is 13.3 Å². The second-order valence-corrected chi connectivity index (χ2v) is 3.36. The summed E-state index contributed by atoms with van der Waals surface area (Å²) in [6.07, 6.45) is 4.45. The van der Waals surface area contributed by atoms with Crippen molar-refractivity contribution in [3.8, 4) is 11.4 Å². The molecule has 5 heteroatoms. The molecule has 0 aromatic carbocycles. The average molecular weight is 203 g/mol. The molecule has 0 amide bonds.